The van der Waals surface area contributed by atoms with Gasteiger partial charge in [0, 0.05) is 19.3 Å². The van der Waals surface area contributed by atoms with Gasteiger partial charge in [-0.25, -0.2) is 18.4 Å². The van der Waals surface area contributed by atoms with Gasteiger partial charge < -0.3 is 4.90 Å². The van der Waals surface area contributed by atoms with Crippen LogP contribution in [0.15, 0.2) is 17.0 Å². The fourth-order valence-corrected chi connectivity index (χ4v) is 3.43. The Kier molecular flexibility index (Phi) is 3.44. The molecule has 0 saturated carbocycles. The second kappa shape index (κ2) is 4.67. The fourth-order valence-electron chi connectivity index (χ4n) is 1.69. The van der Waals surface area contributed by atoms with Gasteiger partial charge in [0.2, 0.25) is 0 Å². The molecule has 1 aromatic rings. The van der Waals surface area contributed by atoms with Crippen LogP contribution in [0.5, 0.6) is 0 Å². The number of aromatic nitrogens is 2. The maximum Gasteiger partial charge on any atom is 0.152 e. The zero-order valence-corrected chi connectivity index (χ0v) is 11.0. The molecule has 0 radical (unpaired) electrons. The number of hydrogen-bond donors (Lipinski definition) is 0. The van der Waals surface area contributed by atoms with Crippen LogP contribution in [0.2, 0.25) is 0 Å². The van der Waals surface area contributed by atoms with E-state index in [9.17, 15) is 8.42 Å². The van der Waals surface area contributed by atoms with E-state index >= 15 is 0 Å². The Morgan fingerprint density at radius 1 is 1.31 bits per heavy atom. The van der Waals surface area contributed by atoms with Crippen LogP contribution in [-0.2, 0) is 9.84 Å². The van der Waals surface area contributed by atoms with E-state index in [4.69, 9.17) is 0 Å². The van der Waals surface area contributed by atoms with Crippen molar-refractivity contribution >= 4 is 31.6 Å². The topological polar surface area (TPSA) is 63.2 Å². The van der Waals surface area contributed by atoms with E-state index in [1.807, 2.05) is 4.90 Å². The summed E-state index contributed by atoms with van der Waals surface area (Å²) < 4.78 is 23.7. The van der Waals surface area contributed by atoms with Crippen molar-refractivity contribution in [2.75, 3.05) is 29.5 Å². The van der Waals surface area contributed by atoms with E-state index in [1.165, 1.54) is 6.33 Å². The maximum absolute atomic E-state index is 11.5. The predicted molar refractivity (Wildman–Crippen MR) is 65.2 cm³/mol. The van der Waals surface area contributed by atoms with Gasteiger partial charge in [-0.2, -0.15) is 0 Å². The van der Waals surface area contributed by atoms with Crippen LogP contribution < -0.4 is 4.90 Å². The third-order valence-electron chi connectivity index (χ3n) is 2.50. The Hall–Kier alpha value is -0.690. The molecule has 0 amide bonds. The molecule has 1 aromatic heterocycles. The molecule has 0 unspecified atom stereocenters. The molecule has 1 fully saturated rings. The largest absolute Gasteiger partial charge is 0.355 e. The highest BCUT2D eigenvalue weighted by Crippen LogP contribution is 2.23. The molecular formula is C9H12BrN3O2S. The standard InChI is InChI=1S/C9H12BrN3O2S/c10-8-6-11-7-12-9(8)13-2-1-4-16(14,15)5-3-13/h6-7H,1-5H2. The third-order valence-corrected chi connectivity index (χ3v) is 4.78. The molecule has 88 valence electrons. The first kappa shape index (κ1) is 11.8. The van der Waals surface area contributed by atoms with Crippen LogP contribution in [0.4, 0.5) is 5.82 Å². The third kappa shape index (κ3) is 2.70. The number of anilines is 1. The van der Waals surface area contributed by atoms with Crippen LogP contribution >= 0.6 is 15.9 Å². The zero-order chi connectivity index (χ0) is 11.6. The minimum absolute atomic E-state index is 0.198. The van der Waals surface area contributed by atoms with Gasteiger partial charge in [0.15, 0.2) is 9.84 Å². The van der Waals surface area contributed by atoms with Gasteiger partial charge in [0.05, 0.1) is 16.0 Å². The van der Waals surface area contributed by atoms with E-state index in [-0.39, 0.29) is 11.5 Å². The van der Waals surface area contributed by atoms with Crippen molar-refractivity contribution in [3.05, 3.63) is 17.0 Å². The summed E-state index contributed by atoms with van der Waals surface area (Å²) >= 11 is 3.37. The van der Waals surface area contributed by atoms with Gasteiger partial charge in [-0.15, -0.1) is 0 Å². The van der Waals surface area contributed by atoms with E-state index in [0.29, 0.717) is 13.0 Å². The normalized spacial score (nSPS) is 20.4. The van der Waals surface area contributed by atoms with E-state index in [2.05, 4.69) is 25.9 Å². The van der Waals surface area contributed by atoms with Crippen molar-refractivity contribution in [3.8, 4) is 0 Å². The van der Waals surface area contributed by atoms with Gasteiger partial charge in [-0.3, -0.25) is 0 Å². The molecule has 0 atom stereocenters. The van der Waals surface area contributed by atoms with Gasteiger partial charge in [0.1, 0.15) is 12.1 Å². The molecule has 2 rings (SSSR count). The second-order valence-electron chi connectivity index (χ2n) is 3.69. The van der Waals surface area contributed by atoms with Crippen molar-refractivity contribution in [3.63, 3.8) is 0 Å². The summed E-state index contributed by atoms with van der Waals surface area (Å²) in [7, 11) is -2.87. The molecule has 1 aliphatic heterocycles. The highest BCUT2D eigenvalue weighted by atomic mass is 79.9. The number of nitrogens with zero attached hydrogens (tertiary/aromatic N) is 3. The lowest BCUT2D eigenvalue weighted by Crippen LogP contribution is -2.27. The summed E-state index contributed by atoms with van der Waals surface area (Å²) in [6.07, 6.45) is 3.79. The van der Waals surface area contributed by atoms with Crippen LogP contribution in [-0.4, -0.2) is 43.0 Å². The average molecular weight is 306 g/mol. The van der Waals surface area contributed by atoms with E-state index in [0.717, 1.165) is 16.8 Å². The quantitative estimate of drug-likeness (QED) is 0.770. The number of sulfone groups is 1. The first-order valence-electron chi connectivity index (χ1n) is 4.99. The maximum atomic E-state index is 11.5. The molecule has 0 spiro atoms. The highest BCUT2D eigenvalue weighted by Gasteiger charge is 2.21. The molecule has 16 heavy (non-hydrogen) atoms. The lowest BCUT2D eigenvalue weighted by atomic mass is 10.4. The Morgan fingerprint density at radius 3 is 2.88 bits per heavy atom. The Balaban J connectivity index is 2.20. The summed E-state index contributed by atoms with van der Waals surface area (Å²) in [5.74, 6) is 1.24. The van der Waals surface area contributed by atoms with Gasteiger partial charge >= 0.3 is 0 Å². The smallest absolute Gasteiger partial charge is 0.152 e. The van der Waals surface area contributed by atoms with Crippen molar-refractivity contribution < 1.29 is 8.42 Å². The van der Waals surface area contributed by atoms with Crippen LogP contribution in [0.25, 0.3) is 0 Å². The summed E-state index contributed by atoms with van der Waals surface area (Å²) in [6, 6.07) is 0. The summed E-state index contributed by atoms with van der Waals surface area (Å²) in [4.78, 5) is 10.0. The number of rotatable bonds is 1. The summed E-state index contributed by atoms with van der Waals surface area (Å²) in [5, 5.41) is 0. The van der Waals surface area contributed by atoms with E-state index < -0.39 is 9.84 Å². The average Bonchev–Trinajstić information content (AvgIpc) is 2.40. The monoisotopic (exact) mass is 305 g/mol. The lowest BCUT2D eigenvalue weighted by molar-refractivity contribution is 0.597. The van der Waals surface area contributed by atoms with Crippen molar-refractivity contribution in [2.45, 2.75) is 6.42 Å². The first-order chi connectivity index (χ1) is 7.58. The second-order valence-corrected chi connectivity index (χ2v) is 6.84. The van der Waals surface area contributed by atoms with Crippen LogP contribution in [0.3, 0.4) is 0 Å². The summed E-state index contributed by atoms with van der Waals surface area (Å²) in [5.41, 5.74) is 0. The minimum atomic E-state index is -2.87. The number of halogens is 1. The zero-order valence-electron chi connectivity index (χ0n) is 8.63. The fraction of sp³-hybridized carbons (Fsp3) is 0.556. The Bertz CT molecular complexity index is 477. The molecule has 0 N–H and O–H groups in total. The molecule has 7 heteroatoms. The molecule has 1 aliphatic rings. The van der Waals surface area contributed by atoms with Crippen LogP contribution in [0.1, 0.15) is 6.42 Å². The molecule has 0 bridgehead atoms. The molecule has 1 saturated heterocycles. The van der Waals surface area contributed by atoms with Gasteiger partial charge in [0.25, 0.3) is 0 Å². The number of hydrogen-bond acceptors (Lipinski definition) is 5. The lowest BCUT2D eigenvalue weighted by Gasteiger charge is -2.21. The molecule has 0 aliphatic carbocycles. The molecule has 2 heterocycles. The Labute approximate surface area is 103 Å². The Morgan fingerprint density at radius 2 is 2.12 bits per heavy atom. The SMILES string of the molecule is O=S1(=O)CCCN(c2ncncc2Br)CC1. The summed E-state index contributed by atoms with van der Waals surface area (Å²) in [6.45, 7) is 1.22. The van der Waals surface area contributed by atoms with Gasteiger partial charge in [-0.05, 0) is 22.4 Å². The molecule has 5 nitrogen and oxygen atoms in total. The van der Waals surface area contributed by atoms with Crippen molar-refractivity contribution in [1.29, 1.82) is 0 Å². The van der Waals surface area contributed by atoms with Crippen molar-refractivity contribution in [2.24, 2.45) is 0 Å². The van der Waals surface area contributed by atoms with Crippen LogP contribution in [0, 0.1) is 0 Å². The highest BCUT2D eigenvalue weighted by molar-refractivity contribution is 9.10. The predicted octanol–water partition coefficient (Wildman–Crippen LogP) is 0.864. The van der Waals surface area contributed by atoms with Gasteiger partial charge in [-0.1, -0.05) is 0 Å². The first-order valence-corrected chi connectivity index (χ1v) is 7.61. The van der Waals surface area contributed by atoms with E-state index in [1.54, 1.807) is 6.20 Å². The minimum Gasteiger partial charge on any atom is -0.355 e. The van der Waals surface area contributed by atoms with Crippen molar-refractivity contribution in [1.82, 2.24) is 9.97 Å². The molecular weight excluding hydrogens is 294 g/mol. The molecule has 0 aromatic carbocycles.